The Morgan fingerprint density at radius 3 is 2.53 bits per heavy atom. The van der Waals surface area contributed by atoms with Gasteiger partial charge in [-0.15, -0.1) is 0 Å². The molecular weight excluding hydrogens is 388 g/mol. The summed E-state index contributed by atoms with van der Waals surface area (Å²) in [7, 11) is 0. The second-order valence-electron chi connectivity index (χ2n) is 7.57. The summed E-state index contributed by atoms with van der Waals surface area (Å²) in [4.78, 5) is 14.7. The van der Waals surface area contributed by atoms with Crippen LogP contribution in [0.4, 0.5) is 26.1 Å². The molecule has 0 radical (unpaired) electrons. The van der Waals surface area contributed by atoms with E-state index in [4.69, 9.17) is 0 Å². The Bertz CT molecular complexity index is 1040. The average Bonchev–Trinajstić information content (AvgIpc) is 3.12. The van der Waals surface area contributed by atoms with Crippen LogP contribution < -0.4 is 15.5 Å². The van der Waals surface area contributed by atoms with E-state index < -0.39 is 5.82 Å². The largest absolute Gasteiger partial charge is 0.367 e. The first-order valence-corrected chi connectivity index (χ1v) is 10.0. The van der Waals surface area contributed by atoms with Gasteiger partial charge in [-0.3, -0.25) is 0 Å². The normalized spacial score (nSPS) is 14.4. The molecule has 1 aliphatic rings. The van der Waals surface area contributed by atoms with E-state index in [-0.39, 0.29) is 23.5 Å². The summed E-state index contributed by atoms with van der Waals surface area (Å²) < 4.78 is 31.1. The van der Waals surface area contributed by atoms with Gasteiger partial charge in [-0.05, 0) is 39.0 Å². The van der Waals surface area contributed by atoms with Gasteiger partial charge in [-0.2, -0.15) is 0 Å². The lowest BCUT2D eigenvalue weighted by molar-refractivity contribution is 0.566. The van der Waals surface area contributed by atoms with Crippen LogP contribution in [-0.2, 0) is 0 Å². The highest BCUT2D eigenvalue weighted by Crippen LogP contribution is 2.28. The predicted molar refractivity (Wildman–Crippen MR) is 113 cm³/mol. The second kappa shape index (κ2) is 8.35. The van der Waals surface area contributed by atoms with Crippen molar-refractivity contribution in [2.75, 3.05) is 36.4 Å². The number of rotatable bonds is 5. The summed E-state index contributed by atoms with van der Waals surface area (Å²) >= 11 is 0. The first-order valence-electron chi connectivity index (χ1n) is 10.0. The van der Waals surface area contributed by atoms with E-state index in [1.165, 1.54) is 6.07 Å². The Morgan fingerprint density at radius 1 is 1.07 bits per heavy atom. The third-order valence-corrected chi connectivity index (χ3v) is 5.15. The SMILES string of the molecule is Cc1ncc(-c2nc(Nc3ccc(N4CCNCC4)c(F)c3)ncc2F)n1C(C)C. The summed E-state index contributed by atoms with van der Waals surface area (Å²) in [5, 5.41) is 6.23. The first kappa shape index (κ1) is 20.2. The molecule has 158 valence electrons. The number of piperazine rings is 1. The van der Waals surface area contributed by atoms with Gasteiger partial charge in [0.05, 0.1) is 23.8 Å². The van der Waals surface area contributed by atoms with E-state index >= 15 is 0 Å². The molecule has 1 aromatic carbocycles. The number of aromatic nitrogens is 4. The molecule has 2 N–H and O–H groups in total. The zero-order valence-corrected chi connectivity index (χ0v) is 17.3. The molecule has 0 saturated carbocycles. The number of nitrogens with zero attached hydrogens (tertiary/aromatic N) is 5. The van der Waals surface area contributed by atoms with Crippen LogP contribution >= 0.6 is 0 Å². The zero-order chi connectivity index (χ0) is 21.3. The number of aryl methyl sites for hydroxylation is 1. The highest BCUT2D eigenvalue weighted by molar-refractivity contribution is 5.63. The molecule has 4 rings (SSSR count). The van der Waals surface area contributed by atoms with Crippen LogP contribution in [-0.4, -0.2) is 45.7 Å². The summed E-state index contributed by atoms with van der Waals surface area (Å²) in [5.41, 5.74) is 1.79. The molecule has 0 amide bonds. The second-order valence-corrected chi connectivity index (χ2v) is 7.57. The lowest BCUT2D eigenvalue weighted by Gasteiger charge is -2.29. The van der Waals surface area contributed by atoms with E-state index in [1.807, 2.05) is 30.2 Å². The molecule has 9 heteroatoms. The number of hydrogen-bond donors (Lipinski definition) is 2. The van der Waals surface area contributed by atoms with Crippen LogP contribution in [0.3, 0.4) is 0 Å². The fourth-order valence-corrected chi connectivity index (χ4v) is 3.76. The highest BCUT2D eigenvalue weighted by Gasteiger charge is 2.18. The van der Waals surface area contributed by atoms with Gasteiger partial charge < -0.3 is 20.1 Å². The highest BCUT2D eigenvalue weighted by atomic mass is 19.1. The Morgan fingerprint density at radius 2 is 1.83 bits per heavy atom. The minimum absolute atomic E-state index is 0.0971. The molecule has 2 aromatic heterocycles. The zero-order valence-electron chi connectivity index (χ0n) is 17.3. The number of anilines is 3. The number of benzene rings is 1. The quantitative estimate of drug-likeness (QED) is 0.665. The van der Waals surface area contributed by atoms with Crippen molar-refractivity contribution in [1.29, 1.82) is 0 Å². The van der Waals surface area contributed by atoms with Crippen molar-refractivity contribution in [2.24, 2.45) is 0 Å². The molecule has 1 fully saturated rings. The molecule has 7 nitrogen and oxygen atoms in total. The molecular formula is C21H25F2N7. The van der Waals surface area contributed by atoms with Gasteiger partial charge in [0.1, 0.15) is 17.3 Å². The number of imidazole rings is 1. The molecule has 0 bridgehead atoms. The maximum atomic E-state index is 14.7. The maximum Gasteiger partial charge on any atom is 0.227 e. The number of hydrogen-bond acceptors (Lipinski definition) is 6. The molecule has 0 atom stereocenters. The van der Waals surface area contributed by atoms with E-state index in [9.17, 15) is 8.78 Å². The fourth-order valence-electron chi connectivity index (χ4n) is 3.76. The van der Waals surface area contributed by atoms with Crippen LogP contribution in [0.1, 0.15) is 25.7 Å². The monoisotopic (exact) mass is 413 g/mol. The standard InChI is InChI=1S/C21H25F2N7/c1-13(2)30-14(3)25-12-19(30)20-17(23)11-26-21(28-20)27-15-4-5-18(16(22)10-15)29-8-6-24-7-9-29/h4-5,10-13,24H,6-9H2,1-3H3,(H,26,27,28). The van der Waals surface area contributed by atoms with Crippen molar-refractivity contribution in [3.63, 3.8) is 0 Å². The molecule has 0 unspecified atom stereocenters. The lowest BCUT2D eigenvalue weighted by Crippen LogP contribution is -2.43. The smallest absolute Gasteiger partial charge is 0.227 e. The first-order chi connectivity index (χ1) is 14.4. The van der Waals surface area contributed by atoms with Gasteiger partial charge in [0, 0.05) is 37.9 Å². The van der Waals surface area contributed by atoms with E-state index in [0.29, 0.717) is 17.1 Å². The van der Waals surface area contributed by atoms with Crippen LogP contribution in [0, 0.1) is 18.6 Å². The van der Waals surface area contributed by atoms with Crippen molar-refractivity contribution in [2.45, 2.75) is 26.8 Å². The van der Waals surface area contributed by atoms with Crippen LogP contribution in [0.25, 0.3) is 11.4 Å². The molecule has 30 heavy (non-hydrogen) atoms. The van der Waals surface area contributed by atoms with Crippen molar-refractivity contribution in [3.8, 4) is 11.4 Å². The van der Waals surface area contributed by atoms with Crippen molar-refractivity contribution >= 4 is 17.3 Å². The third-order valence-electron chi connectivity index (χ3n) is 5.15. The molecule has 0 aliphatic carbocycles. The Labute approximate surface area is 174 Å². The topological polar surface area (TPSA) is 70.9 Å². The van der Waals surface area contributed by atoms with Crippen LogP contribution in [0.5, 0.6) is 0 Å². The van der Waals surface area contributed by atoms with Crippen molar-refractivity contribution < 1.29 is 8.78 Å². The Kier molecular flexibility index (Phi) is 5.63. The van der Waals surface area contributed by atoms with Gasteiger partial charge in [0.15, 0.2) is 5.82 Å². The van der Waals surface area contributed by atoms with Gasteiger partial charge >= 0.3 is 0 Å². The maximum absolute atomic E-state index is 14.7. The van der Waals surface area contributed by atoms with Gasteiger partial charge in [-0.25, -0.2) is 23.7 Å². The summed E-state index contributed by atoms with van der Waals surface area (Å²) in [6.45, 7) is 9.05. The van der Waals surface area contributed by atoms with Crippen LogP contribution in [0.15, 0.2) is 30.6 Å². The van der Waals surface area contributed by atoms with Crippen molar-refractivity contribution in [1.82, 2.24) is 24.8 Å². The van der Waals surface area contributed by atoms with E-state index in [0.717, 1.165) is 38.2 Å². The van der Waals surface area contributed by atoms with Crippen molar-refractivity contribution in [3.05, 3.63) is 48.1 Å². The molecule has 1 saturated heterocycles. The Hall–Kier alpha value is -3.07. The molecule has 1 aliphatic heterocycles. The Balaban J connectivity index is 1.60. The van der Waals surface area contributed by atoms with E-state index in [2.05, 4.69) is 25.6 Å². The molecule has 3 heterocycles. The van der Waals surface area contributed by atoms with Crippen LogP contribution in [0.2, 0.25) is 0 Å². The lowest BCUT2D eigenvalue weighted by atomic mass is 10.2. The minimum Gasteiger partial charge on any atom is -0.367 e. The molecule has 0 spiro atoms. The van der Waals surface area contributed by atoms with Gasteiger partial charge in [0.25, 0.3) is 0 Å². The fraction of sp³-hybridized carbons (Fsp3) is 0.381. The van der Waals surface area contributed by atoms with E-state index in [1.54, 1.807) is 18.3 Å². The molecule has 3 aromatic rings. The number of halogens is 2. The van der Waals surface area contributed by atoms with Gasteiger partial charge in [0.2, 0.25) is 5.95 Å². The summed E-state index contributed by atoms with van der Waals surface area (Å²) in [5.74, 6) is 0.105. The average molecular weight is 413 g/mol. The minimum atomic E-state index is -0.539. The van der Waals surface area contributed by atoms with Gasteiger partial charge in [-0.1, -0.05) is 0 Å². The summed E-state index contributed by atoms with van der Waals surface area (Å²) in [6, 6.07) is 5.02. The number of nitrogens with one attached hydrogen (secondary N) is 2. The summed E-state index contributed by atoms with van der Waals surface area (Å²) in [6.07, 6.45) is 2.72. The third kappa shape index (κ3) is 3.97. The predicted octanol–water partition coefficient (Wildman–Crippen LogP) is 3.66.